The minimum atomic E-state index is -3.14. The Labute approximate surface area is 114 Å². The fourth-order valence-corrected chi connectivity index (χ4v) is 2.01. The van der Waals surface area contributed by atoms with Crippen LogP contribution in [0.15, 0.2) is 0 Å². The van der Waals surface area contributed by atoms with Gasteiger partial charge in [0.25, 0.3) is 0 Å². The monoisotopic (exact) mass is 293 g/mol. The molecule has 0 aromatic carbocycles. The molecule has 7 nitrogen and oxygen atoms in total. The van der Waals surface area contributed by atoms with Crippen LogP contribution in [0.2, 0.25) is 0 Å². The summed E-state index contributed by atoms with van der Waals surface area (Å²) in [6.45, 7) is 3.51. The zero-order valence-electron chi connectivity index (χ0n) is 11.8. The second kappa shape index (κ2) is 6.85. The summed E-state index contributed by atoms with van der Waals surface area (Å²) in [5.74, 6) is -0.793. The second-order valence-electron chi connectivity index (χ2n) is 5.21. The number of rotatable bonds is 7. The lowest BCUT2D eigenvalue weighted by atomic mass is 9.92. The van der Waals surface area contributed by atoms with Gasteiger partial charge in [0.2, 0.25) is 11.8 Å². The van der Waals surface area contributed by atoms with Crippen molar-refractivity contribution in [2.75, 3.05) is 25.6 Å². The van der Waals surface area contributed by atoms with Crippen molar-refractivity contribution in [3.8, 4) is 0 Å². The predicted molar refractivity (Wildman–Crippen MR) is 73.2 cm³/mol. The average molecular weight is 293 g/mol. The Hall–Kier alpha value is -1.15. The van der Waals surface area contributed by atoms with Crippen LogP contribution in [0.1, 0.15) is 20.3 Å². The van der Waals surface area contributed by atoms with Crippen LogP contribution in [0, 0.1) is 5.41 Å². The molecule has 0 heterocycles. The molecule has 0 aliphatic heterocycles. The predicted octanol–water partition coefficient (Wildman–Crippen LogP) is -1.36. The van der Waals surface area contributed by atoms with E-state index in [-0.39, 0.29) is 24.6 Å². The van der Waals surface area contributed by atoms with E-state index >= 15 is 0 Å². The van der Waals surface area contributed by atoms with E-state index in [1.807, 2.05) is 0 Å². The van der Waals surface area contributed by atoms with Crippen LogP contribution >= 0.6 is 0 Å². The molecule has 4 N–H and O–H groups in total. The van der Waals surface area contributed by atoms with E-state index in [1.54, 1.807) is 13.8 Å². The van der Waals surface area contributed by atoms with Crippen molar-refractivity contribution in [1.29, 1.82) is 0 Å². The number of amides is 2. The van der Waals surface area contributed by atoms with E-state index in [0.29, 0.717) is 0 Å². The van der Waals surface area contributed by atoms with Crippen molar-refractivity contribution in [3.05, 3.63) is 0 Å². The van der Waals surface area contributed by atoms with Gasteiger partial charge < -0.3 is 16.4 Å². The van der Waals surface area contributed by atoms with Gasteiger partial charge in [-0.25, -0.2) is 8.42 Å². The molecule has 0 saturated heterocycles. The van der Waals surface area contributed by atoms with E-state index in [1.165, 1.54) is 7.05 Å². The second-order valence-corrected chi connectivity index (χ2v) is 7.47. The summed E-state index contributed by atoms with van der Waals surface area (Å²) >= 11 is 0. The van der Waals surface area contributed by atoms with Gasteiger partial charge in [0.15, 0.2) is 0 Å². The number of hydrogen-bond donors (Lipinski definition) is 3. The standard InChI is InChI=1S/C11H23N3O4S/c1-11(2,10(16)13-3)7-14-9(15)8(12)5-6-19(4,17)18/h8H,5-7,12H2,1-4H3,(H,13,16)(H,14,15). The SMILES string of the molecule is CNC(=O)C(C)(C)CNC(=O)C(N)CCS(C)(=O)=O. The topological polar surface area (TPSA) is 118 Å². The zero-order valence-corrected chi connectivity index (χ0v) is 12.6. The Morgan fingerprint density at radius 2 is 1.84 bits per heavy atom. The molecule has 1 unspecified atom stereocenters. The summed E-state index contributed by atoms with van der Waals surface area (Å²) in [7, 11) is -1.62. The van der Waals surface area contributed by atoms with Gasteiger partial charge in [-0.2, -0.15) is 0 Å². The Balaban J connectivity index is 4.28. The van der Waals surface area contributed by atoms with Crippen molar-refractivity contribution in [3.63, 3.8) is 0 Å². The van der Waals surface area contributed by atoms with Gasteiger partial charge in [0.1, 0.15) is 9.84 Å². The molecular weight excluding hydrogens is 270 g/mol. The van der Waals surface area contributed by atoms with Gasteiger partial charge in [-0.15, -0.1) is 0 Å². The normalized spacial score (nSPS) is 13.7. The van der Waals surface area contributed by atoms with E-state index in [0.717, 1.165) is 6.26 Å². The van der Waals surface area contributed by atoms with Gasteiger partial charge in [0.05, 0.1) is 17.2 Å². The maximum absolute atomic E-state index is 11.7. The summed E-state index contributed by atoms with van der Waals surface area (Å²) < 4.78 is 21.9. The van der Waals surface area contributed by atoms with Gasteiger partial charge in [-0.3, -0.25) is 9.59 Å². The number of nitrogens with one attached hydrogen (secondary N) is 2. The number of nitrogens with two attached hydrogens (primary N) is 1. The third-order valence-corrected chi connectivity index (χ3v) is 3.66. The summed E-state index contributed by atoms with van der Waals surface area (Å²) in [6, 6.07) is -0.893. The molecule has 8 heteroatoms. The van der Waals surface area contributed by atoms with Gasteiger partial charge in [-0.05, 0) is 20.3 Å². The van der Waals surface area contributed by atoms with Crippen LogP contribution in [0.25, 0.3) is 0 Å². The number of hydrogen-bond acceptors (Lipinski definition) is 5. The molecule has 0 aromatic rings. The third kappa shape index (κ3) is 7.12. The van der Waals surface area contributed by atoms with Gasteiger partial charge >= 0.3 is 0 Å². The summed E-state index contributed by atoms with van der Waals surface area (Å²) in [4.78, 5) is 23.2. The van der Waals surface area contributed by atoms with Crippen LogP contribution in [0.5, 0.6) is 0 Å². The zero-order chi connectivity index (χ0) is 15.3. The first-order chi connectivity index (χ1) is 8.49. The third-order valence-electron chi connectivity index (χ3n) is 2.68. The maximum atomic E-state index is 11.7. The van der Waals surface area contributed by atoms with Crippen LogP contribution < -0.4 is 16.4 Å². The Morgan fingerprint density at radius 3 is 2.26 bits per heavy atom. The number of sulfone groups is 1. The smallest absolute Gasteiger partial charge is 0.236 e. The average Bonchev–Trinajstić information content (AvgIpc) is 2.30. The molecule has 112 valence electrons. The van der Waals surface area contributed by atoms with Crippen molar-refractivity contribution in [2.45, 2.75) is 26.3 Å². The van der Waals surface area contributed by atoms with Gasteiger partial charge in [-0.1, -0.05) is 0 Å². The molecule has 2 amide bonds. The molecule has 0 radical (unpaired) electrons. The number of carbonyl (C=O) groups excluding carboxylic acids is 2. The lowest BCUT2D eigenvalue weighted by Crippen LogP contribution is -2.48. The minimum Gasteiger partial charge on any atom is -0.359 e. The first kappa shape index (κ1) is 17.8. The van der Waals surface area contributed by atoms with Gasteiger partial charge in [0, 0.05) is 19.8 Å². The number of carbonyl (C=O) groups is 2. The van der Waals surface area contributed by atoms with Crippen LogP contribution in [-0.4, -0.2) is 51.9 Å². The highest BCUT2D eigenvalue weighted by molar-refractivity contribution is 7.90. The van der Waals surface area contributed by atoms with Crippen LogP contribution in [0.4, 0.5) is 0 Å². The summed E-state index contributed by atoms with van der Waals surface area (Å²) in [5.41, 5.74) is 4.84. The molecule has 0 spiro atoms. The van der Waals surface area contributed by atoms with E-state index < -0.39 is 27.2 Å². The van der Waals surface area contributed by atoms with Crippen LogP contribution in [0.3, 0.4) is 0 Å². The maximum Gasteiger partial charge on any atom is 0.236 e. The first-order valence-electron chi connectivity index (χ1n) is 5.93. The first-order valence-corrected chi connectivity index (χ1v) is 7.99. The lowest BCUT2D eigenvalue weighted by molar-refractivity contribution is -0.129. The van der Waals surface area contributed by atoms with E-state index in [9.17, 15) is 18.0 Å². The fraction of sp³-hybridized carbons (Fsp3) is 0.818. The molecule has 0 aliphatic carbocycles. The molecule has 0 rings (SSSR count). The highest BCUT2D eigenvalue weighted by atomic mass is 32.2. The quantitative estimate of drug-likeness (QED) is 0.535. The van der Waals surface area contributed by atoms with Crippen molar-refractivity contribution >= 4 is 21.7 Å². The van der Waals surface area contributed by atoms with E-state index in [2.05, 4.69) is 10.6 Å². The minimum absolute atomic E-state index is 0.0606. The molecule has 19 heavy (non-hydrogen) atoms. The van der Waals surface area contributed by atoms with Crippen LogP contribution in [-0.2, 0) is 19.4 Å². The molecule has 0 saturated carbocycles. The highest BCUT2D eigenvalue weighted by Crippen LogP contribution is 2.13. The van der Waals surface area contributed by atoms with Crippen molar-refractivity contribution in [2.24, 2.45) is 11.1 Å². The summed E-state index contributed by atoms with van der Waals surface area (Å²) in [5, 5.41) is 5.06. The molecular formula is C11H23N3O4S. The Bertz CT molecular complexity index is 431. The van der Waals surface area contributed by atoms with Crippen molar-refractivity contribution in [1.82, 2.24) is 10.6 Å². The molecule has 1 atom stereocenters. The molecule has 0 bridgehead atoms. The molecule has 0 aliphatic rings. The highest BCUT2D eigenvalue weighted by Gasteiger charge is 2.28. The molecule has 0 fully saturated rings. The summed E-state index contributed by atoms with van der Waals surface area (Å²) in [6.07, 6.45) is 1.15. The van der Waals surface area contributed by atoms with Crippen molar-refractivity contribution < 1.29 is 18.0 Å². The molecule has 0 aromatic heterocycles. The Morgan fingerprint density at radius 1 is 1.32 bits per heavy atom. The fourth-order valence-electron chi connectivity index (χ4n) is 1.33. The van der Waals surface area contributed by atoms with E-state index in [4.69, 9.17) is 5.73 Å². The lowest BCUT2D eigenvalue weighted by Gasteiger charge is -2.23. The largest absolute Gasteiger partial charge is 0.359 e. The Kier molecular flexibility index (Phi) is 6.44.